The number of hydrogen-bond acceptors (Lipinski definition) is 5. The number of hydrogen-bond donors (Lipinski definition) is 1. The summed E-state index contributed by atoms with van der Waals surface area (Å²) in [4.78, 5) is 31.6. The molecule has 4 rings (SSSR count). The molecule has 0 aliphatic carbocycles. The fourth-order valence-electron chi connectivity index (χ4n) is 3.51. The quantitative estimate of drug-likeness (QED) is 0.296. The fraction of sp³-hybridized carbons (Fsp3) is 0.174. The first-order valence-electron chi connectivity index (χ1n) is 9.44. The van der Waals surface area contributed by atoms with Crippen molar-refractivity contribution in [2.24, 2.45) is 0 Å². The molecule has 1 aliphatic rings. The first kappa shape index (κ1) is 20.5. The van der Waals surface area contributed by atoms with Crippen molar-refractivity contribution in [1.29, 1.82) is 0 Å². The Kier molecular flexibility index (Phi) is 5.58. The zero-order valence-corrected chi connectivity index (χ0v) is 18.8. The SMILES string of the molecule is CC(C)c1ccc(C2C(=C(O)c3ccc(Br)cc3)C(=O)C(=O)N2c2nccs2)cc1. The minimum Gasteiger partial charge on any atom is -0.507 e. The topological polar surface area (TPSA) is 70.5 Å². The Balaban J connectivity index is 1.90. The van der Waals surface area contributed by atoms with Gasteiger partial charge in [0.05, 0.1) is 11.6 Å². The van der Waals surface area contributed by atoms with Gasteiger partial charge in [0, 0.05) is 21.6 Å². The molecule has 1 saturated heterocycles. The van der Waals surface area contributed by atoms with Crippen LogP contribution in [0.3, 0.4) is 0 Å². The normalized spacial score (nSPS) is 18.4. The fourth-order valence-corrected chi connectivity index (χ4v) is 4.44. The lowest BCUT2D eigenvalue weighted by Gasteiger charge is -2.23. The zero-order chi connectivity index (χ0) is 21.4. The van der Waals surface area contributed by atoms with Crippen LogP contribution in [-0.4, -0.2) is 21.8 Å². The summed E-state index contributed by atoms with van der Waals surface area (Å²) in [7, 11) is 0. The van der Waals surface area contributed by atoms with E-state index in [1.165, 1.54) is 16.2 Å². The predicted molar refractivity (Wildman–Crippen MR) is 122 cm³/mol. The molecule has 1 fully saturated rings. The van der Waals surface area contributed by atoms with Gasteiger partial charge >= 0.3 is 5.91 Å². The average Bonchev–Trinajstić information content (AvgIpc) is 3.35. The van der Waals surface area contributed by atoms with Crippen LogP contribution >= 0.6 is 27.3 Å². The zero-order valence-electron chi connectivity index (χ0n) is 16.4. The van der Waals surface area contributed by atoms with Crippen LogP contribution in [0, 0.1) is 0 Å². The van der Waals surface area contributed by atoms with Gasteiger partial charge in [-0.1, -0.05) is 66.2 Å². The van der Waals surface area contributed by atoms with Crippen LogP contribution in [0.25, 0.3) is 5.76 Å². The number of aliphatic hydroxyl groups is 1. The molecule has 1 unspecified atom stereocenters. The Bertz CT molecular complexity index is 1120. The summed E-state index contributed by atoms with van der Waals surface area (Å²) in [5.41, 5.74) is 2.43. The molecule has 1 amide bonds. The van der Waals surface area contributed by atoms with Crippen LogP contribution in [0.1, 0.15) is 42.5 Å². The number of aliphatic hydroxyl groups excluding tert-OH is 1. The van der Waals surface area contributed by atoms with Crippen LogP contribution in [0.2, 0.25) is 0 Å². The molecule has 0 bridgehead atoms. The number of aromatic nitrogens is 1. The number of rotatable bonds is 4. The average molecular weight is 483 g/mol. The van der Waals surface area contributed by atoms with Gasteiger partial charge in [-0.25, -0.2) is 4.98 Å². The molecule has 3 aromatic rings. The number of Topliss-reactive ketones (excluding diaryl/α,β-unsaturated/α-hetero) is 1. The number of carbonyl (C=O) groups is 2. The second kappa shape index (κ2) is 8.16. The molecule has 0 radical (unpaired) electrons. The highest BCUT2D eigenvalue weighted by Gasteiger charge is 2.47. The molecule has 152 valence electrons. The number of carbonyl (C=O) groups excluding carboxylic acids is 2. The lowest BCUT2D eigenvalue weighted by molar-refractivity contribution is -0.132. The Morgan fingerprint density at radius 1 is 1.10 bits per heavy atom. The number of halogens is 1. The van der Waals surface area contributed by atoms with Crippen LogP contribution < -0.4 is 4.90 Å². The van der Waals surface area contributed by atoms with E-state index in [0.29, 0.717) is 16.6 Å². The standard InChI is InChI=1S/C23H19BrN2O3S/c1-13(2)14-3-5-15(6-4-14)19-18(20(27)16-7-9-17(24)10-8-16)21(28)22(29)26(19)23-25-11-12-30-23/h3-13,19,27H,1-2H3. The van der Waals surface area contributed by atoms with E-state index >= 15 is 0 Å². The third-order valence-corrected chi connectivity index (χ3v) is 6.41. The van der Waals surface area contributed by atoms with Crippen molar-refractivity contribution in [3.8, 4) is 0 Å². The van der Waals surface area contributed by atoms with Gasteiger partial charge in [0.1, 0.15) is 5.76 Å². The minimum absolute atomic E-state index is 0.0646. The third-order valence-electron chi connectivity index (χ3n) is 5.11. The predicted octanol–water partition coefficient (Wildman–Crippen LogP) is 5.66. The largest absolute Gasteiger partial charge is 0.507 e. The molecule has 1 aromatic heterocycles. The Hall–Kier alpha value is -2.77. The first-order chi connectivity index (χ1) is 14.4. The van der Waals surface area contributed by atoms with Gasteiger partial charge in [0.2, 0.25) is 0 Å². The van der Waals surface area contributed by atoms with Crippen molar-refractivity contribution in [3.63, 3.8) is 0 Å². The van der Waals surface area contributed by atoms with E-state index in [1.54, 1.807) is 35.8 Å². The van der Waals surface area contributed by atoms with Gasteiger partial charge in [-0.2, -0.15) is 0 Å². The van der Waals surface area contributed by atoms with E-state index in [9.17, 15) is 14.7 Å². The second-order valence-electron chi connectivity index (χ2n) is 7.31. The molecule has 1 atom stereocenters. The lowest BCUT2D eigenvalue weighted by Crippen LogP contribution is -2.29. The van der Waals surface area contributed by atoms with Gasteiger partial charge < -0.3 is 5.11 Å². The molecule has 30 heavy (non-hydrogen) atoms. The maximum absolute atomic E-state index is 13.0. The van der Waals surface area contributed by atoms with E-state index in [1.807, 2.05) is 24.3 Å². The molecule has 2 aromatic carbocycles. The summed E-state index contributed by atoms with van der Waals surface area (Å²) >= 11 is 4.64. The second-order valence-corrected chi connectivity index (χ2v) is 9.10. The van der Waals surface area contributed by atoms with Gasteiger partial charge in [-0.05, 0) is 29.2 Å². The van der Waals surface area contributed by atoms with Crippen molar-refractivity contribution in [1.82, 2.24) is 4.98 Å². The molecular formula is C23H19BrN2O3S. The summed E-state index contributed by atoms with van der Waals surface area (Å²) in [6.45, 7) is 4.20. The van der Waals surface area contributed by atoms with Gasteiger partial charge in [0.25, 0.3) is 5.78 Å². The van der Waals surface area contributed by atoms with E-state index in [0.717, 1.165) is 15.6 Å². The van der Waals surface area contributed by atoms with Crippen LogP contribution in [0.15, 0.2) is 70.2 Å². The first-order valence-corrected chi connectivity index (χ1v) is 11.1. The highest BCUT2D eigenvalue weighted by atomic mass is 79.9. The van der Waals surface area contributed by atoms with Crippen molar-refractivity contribution in [2.45, 2.75) is 25.8 Å². The van der Waals surface area contributed by atoms with E-state index in [4.69, 9.17) is 0 Å². The summed E-state index contributed by atoms with van der Waals surface area (Å²) in [6.07, 6.45) is 1.59. The maximum atomic E-state index is 13.0. The molecular weight excluding hydrogens is 464 g/mol. The molecule has 5 nitrogen and oxygen atoms in total. The lowest BCUT2D eigenvalue weighted by atomic mass is 9.93. The summed E-state index contributed by atoms with van der Waals surface area (Å²) < 4.78 is 0.850. The number of amides is 1. The van der Waals surface area contributed by atoms with Gasteiger partial charge in [-0.15, -0.1) is 11.3 Å². The van der Waals surface area contributed by atoms with Crippen molar-refractivity contribution >= 4 is 49.8 Å². The van der Waals surface area contributed by atoms with Crippen molar-refractivity contribution in [2.75, 3.05) is 4.90 Å². The summed E-state index contributed by atoms with van der Waals surface area (Å²) in [5, 5.41) is 13.2. The minimum atomic E-state index is -0.749. The van der Waals surface area contributed by atoms with Crippen molar-refractivity contribution in [3.05, 3.63) is 86.8 Å². The number of anilines is 1. The van der Waals surface area contributed by atoms with Crippen LogP contribution in [-0.2, 0) is 9.59 Å². The number of thiazole rings is 1. The maximum Gasteiger partial charge on any atom is 0.301 e. The van der Waals surface area contributed by atoms with Crippen molar-refractivity contribution < 1.29 is 14.7 Å². The molecule has 1 aliphatic heterocycles. The number of benzene rings is 2. The Morgan fingerprint density at radius 3 is 2.33 bits per heavy atom. The van der Waals surface area contributed by atoms with E-state index in [-0.39, 0.29) is 11.3 Å². The van der Waals surface area contributed by atoms with Crippen LogP contribution in [0.5, 0.6) is 0 Å². The van der Waals surface area contributed by atoms with Gasteiger partial charge in [0.15, 0.2) is 5.13 Å². The molecule has 0 saturated carbocycles. The molecule has 1 N–H and O–H groups in total. The highest BCUT2D eigenvalue weighted by Crippen LogP contribution is 2.42. The number of ketones is 1. The summed E-state index contributed by atoms with van der Waals surface area (Å²) in [6, 6.07) is 14.0. The monoisotopic (exact) mass is 482 g/mol. The van der Waals surface area contributed by atoms with E-state index < -0.39 is 17.7 Å². The van der Waals surface area contributed by atoms with Crippen LogP contribution in [0.4, 0.5) is 5.13 Å². The van der Waals surface area contributed by atoms with Gasteiger partial charge in [-0.3, -0.25) is 14.5 Å². The van der Waals surface area contributed by atoms with E-state index in [2.05, 4.69) is 34.8 Å². The molecule has 7 heteroatoms. The molecule has 0 spiro atoms. The Morgan fingerprint density at radius 2 is 1.77 bits per heavy atom. The molecule has 2 heterocycles. The third kappa shape index (κ3) is 3.59. The summed E-state index contributed by atoms with van der Waals surface area (Å²) in [5.74, 6) is -1.25. The highest BCUT2D eigenvalue weighted by molar-refractivity contribution is 9.10. The number of nitrogens with zero attached hydrogens (tertiary/aromatic N) is 2. The Labute approximate surface area is 186 Å². The smallest absolute Gasteiger partial charge is 0.301 e.